The molecule has 20 heavy (non-hydrogen) atoms. The van der Waals surface area contributed by atoms with Gasteiger partial charge in [0.2, 0.25) is 10.0 Å². The summed E-state index contributed by atoms with van der Waals surface area (Å²) in [4.78, 5) is 9.88. The maximum atomic E-state index is 12.1. The molecule has 0 saturated heterocycles. The molecule has 0 unspecified atom stereocenters. The van der Waals surface area contributed by atoms with Crippen molar-refractivity contribution in [1.29, 1.82) is 0 Å². The van der Waals surface area contributed by atoms with E-state index in [0.717, 1.165) is 25.7 Å². The van der Waals surface area contributed by atoms with Crippen LogP contribution in [0, 0.1) is 10.1 Å². The lowest BCUT2D eigenvalue weighted by Crippen LogP contribution is -2.25. The number of nitrogens with one attached hydrogen (secondary N) is 1. The molecule has 6 nitrogen and oxygen atoms in total. The first-order valence-corrected chi connectivity index (χ1v) is 8.59. The van der Waals surface area contributed by atoms with Crippen LogP contribution in [0.5, 0.6) is 0 Å². The van der Waals surface area contributed by atoms with Gasteiger partial charge in [0.25, 0.3) is 5.69 Å². The minimum Gasteiger partial charge on any atom is -0.258 e. The van der Waals surface area contributed by atoms with E-state index in [0.29, 0.717) is 4.47 Å². The van der Waals surface area contributed by atoms with E-state index in [2.05, 4.69) is 27.6 Å². The quantitative estimate of drug-likeness (QED) is 0.435. The fourth-order valence-corrected chi connectivity index (χ4v) is 3.47. The third-order valence-corrected chi connectivity index (χ3v) is 4.71. The second-order valence-corrected chi connectivity index (χ2v) is 6.98. The van der Waals surface area contributed by atoms with Crippen molar-refractivity contribution in [2.24, 2.45) is 0 Å². The van der Waals surface area contributed by atoms with Crippen LogP contribution in [0.2, 0.25) is 0 Å². The van der Waals surface area contributed by atoms with Gasteiger partial charge < -0.3 is 0 Å². The molecule has 0 aliphatic heterocycles. The van der Waals surface area contributed by atoms with Crippen LogP contribution in [0.25, 0.3) is 0 Å². The maximum Gasteiger partial charge on any atom is 0.289 e. The number of hydrogen-bond acceptors (Lipinski definition) is 4. The summed E-state index contributed by atoms with van der Waals surface area (Å²) in [5, 5.41) is 10.9. The average molecular weight is 365 g/mol. The Morgan fingerprint density at radius 3 is 2.60 bits per heavy atom. The Balaban J connectivity index is 2.86. The monoisotopic (exact) mass is 364 g/mol. The van der Waals surface area contributed by atoms with Gasteiger partial charge in [-0.2, -0.15) is 0 Å². The lowest BCUT2D eigenvalue weighted by Gasteiger charge is -2.07. The van der Waals surface area contributed by atoms with Gasteiger partial charge in [-0.05, 0) is 18.6 Å². The summed E-state index contributed by atoms with van der Waals surface area (Å²) in [6.45, 7) is 2.35. The molecule has 0 heterocycles. The SMILES string of the molecule is CCCCCCNS(=O)(=O)c1cc(Br)ccc1[N+](=O)[O-]. The van der Waals surface area contributed by atoms with Crippen molar-refractivity contribution in [3.05, 3.63) is 32.8 Å². The van der Waals surface area contributed by atoms with Crippen LogP contribution >= 0.6 is 15.9 Å². The first kappa shape index (κ1) is 17.1. The van der Waals surface area contributed by atoms with Crippen LogP contribution in [0.4, 0.5) is 5.69 Å². The molecule has 112 valence electrons. The molecule has 0 amide bonds. The van der Waals surface area contributed by atoms with Gasteiger partial charge >= 0.3 is 0 Å². The zero-order chi connectivity index (χ0) is 15.2. The van der Waals surface area contributed by atoms with Crippen LogP contribution in [-0.2, 0) is 10.0 Å². The van der Waals surface area contributed by atoms with Crippen molar-refractivity contribution in [2.45, 2.75) is 37.5 Å². The predicted molar refractivity (Wildman–Crippen MR) is 80.1 cm³/mol. The summed E-state index contributed by atoms with van der Waals surface area (Å²) in [5.74, 6) is 0. The highest BCUT2D eigenvalue weighted by Crippen LogP contribution is 2.27. The number of nitrogens with zero attached hydrogens (tertiary/aromatic N) is 1. The molecule has 0 fully saturated rings. The van der Waals surface area contributed by atoms with Gasteiger partial charge in [0.05, 0.1) is 4.92 Å². The molecule has 0 aromatic heterocycles. The molecular formula is C12H17BrN2O4S. The van der Waals surface area contributed by atoms with Crippen molar-refractivity contribution in [1.82, 2.24) is 4.72 Å². The average Bonchev–Trinajstić information content (AvgIpc) is 2.38. The number of nitro benzene ring substituents is 1. The molecule has 0 bridgehead atoms. The van der Waals surface area contributed by atoms with Crippen molar-refractivity contribution < 1.29 is 13.3 Å². The molecule has 8 heteroatoms. The Labute approximate surface area is 126 Å². The Morgan fingerprint density at radius 2 is 2.00 bits per heavy atom. The number of nitro groups is 1. The van der Waals surface area contributed by atoms with Crippen LogP contribution in [0.1, 0.15) is 32.6 Å². The lowest BCUT2D eigenvalue weighted by atomic mass is 10.2. The number of rotatable bonds is 8. The van der Waals surface area contributed by atoms with Crippen molar-refractivity contribution in [3.8, 4) is 0 Å². The van der Waals surface area contributed by atoms with Gasteiger partial charge in [0.1, 0.15) is 0 Å². The van der Waals surface area contributed by atoms with E-state index in [1.54, 1.807) is 0 Å². The molecule has 0 spiro atoms. The Hall–Kier alpha value is -0.990. The molecule has 1 aromatic carbocycles. The third kappa shape index (κ3) is 4.84. The number of halogens is 1. The van der Waals surface area contributed by atoms with E-state index in [9.17, 15) is 18.5 Å². The highest BCUT2D eigenvalue weighted by Gasteiger charge is 2.25. The van der Waals surface area contributed by atoms with E-state index in [1.807, 2.05) is 0 Å². The third-order valence-electron chi connectivity index (χ3n) is 2.73. The second kappa shape index (κ2) is 7.70. The van der Waals surface area contributed by atoms with Gasteiger partial charge in [0.15, 0.2) is 4.90 Å². The van der Waals surface area contributed by atoms with Gasteiger partial charge in [0, 0.05) is 17.1 Å². The fourth-order valence-electron chi connectivity index (χ4n) is 1.69. The Morgan fingerprint density at radius 1 is 1.30 bits per heavy atom. The molecule has 0 atom stereocenters. The highest BCUT2D eigenvalue weighted by molar-refractivity contribution is 9.10. The van der Waals surface area contributed by atoms with E-state index in [-0.39, 0.29) is 11.4 Å². The first-order chi connectivity index (χ1) is 9.38. The smallest absolute Gasteiger partial charge is 0.258 e. The van der Waals surface area contributed by atoms with Crippen molar-refractivity contribution in [2.75, 3.05) is 6.54 Å². The van der Waals surface area contributed by atoms with Gasteiger partial charge in [-0.25, -0.2) is 13.1 Å². The fraction of sp³-hybridized carbons (Fsp3) is 0.500. The molecule has 0 aliphatic carbocycles. The van der Waals surface area contributed by atoms with Gasteiger partial charge in [-0.1, -0.05) is 42.1 Å². The van der Waals surface area contributed by atoms with Crippen molar-refractivity contribution >= 4 is 31.6 Å². The minimum absolute atomic E-state index is 0.284. The zero-order valence-electron chi connectivity index (χ0n) is 11.1. The topological polar surface area (TPSA) is 89.3 Å². The van der Waals surface area contributed by atoms with Crippen LogP contribution < -0.4 is 4.72 Å². The number of hydrogen-bond donors (Lipinski definition) is 1. The van der Waals surface area contributed by atoms with E-state index in [1.165, 1.54) is 18.2 Å². The normalized spacial score (nSPS) is 11.5. The highest BCUT2D eigenvalue weighted by atomic mass is 79.9. The first-order valence-electron chi connectivity index (χ1n) is 6.32. The van der Waals surface area contributed by atoms with E-state index < -0.39 is 20.6 Å². The largest absolute Gasteiger partial charge is 0.289 e. The summed E-state index contributed by atoms with van der Waals surface area (Å²) >= 11 is 3.13. The number of unbranched alkanes of at least 4 members (excludes halogenated alkanes) is 3. The molecule has 0 aliphatic rings. The van der Waals surface area contributed by atoms with Crippen LogP contribution in [-0.4, -0.2) is 19.9 Å². The predicted octanol–water partition coefficient (Wildman–Crippen LogP) is 3.22. The molecule has 1 rings (SSSR count). The standard InChI is InChI=1S/C12H17BrN2O4S/c1-2-3-4-5-8-14-20(18,19)12-9-10(13)6-7-11(12)15(16)17/h6-7,9,14H,2-5,8H2,1H3. The molecule has 1 N–H and O–H groups in total. The van der Waals surface area contributed by atoms with Gasteiger partial charge in [-0.15, -0.1) is 0 Å². The summed E-state index contributed by atoms with van der Waals surface area (Å²) < 4.78 is 27.1. The zero-order valence-corrected chi connectivity index (χ0v) is 13.5. The summed E-state index contributed by atoms with van der Waals surface area (Å²) in [6, 6.07) is 3.86. The lowest BCUT2D eigenvalue weighted by molar-refractivity contribution is -0.387. The summed E-state index contributed by atoms with van der Waals surface area (Å²) in [5.41, 5.74) is -0.422. The maximum absolute atomic E-state index is 12.1. The summed E-state index contributed by atoms with van der Waals surface area (Å²) in [6.07, 6.45) is 3.75. The molecular weight excluding hydrogens is 348 g/mol. The molecule has 1 aromatic rings. The molecule has 0 radical (unpaired) electrons. The van der Waals surface area contributed by atoms with Gasteiger partial charge in [-0.3, -0.25) is 10.1 Å². The summed E-state index contributed by atoms with van der Waals surface area (Å²) in [7, 11) is -3.87. The van der Waals surface area contributed by atoms with Crippen LogP contribution in [0.15, 0.2) is 27.6 Å². The molecule has 0 saturated carbocycles. The van der Waals surface area contributed by atoms with E-state index >= 15 is 0 Å². The number of sulfonamides is 1. The van der Waals surface area contributed by atoms with Crippen molar-refractivity contribution in [3.63, 3.8) is 0 Å². The Kier molecular flexibility index (Phi) is 6.57. The Bertz CT molecular complexity index is 575. The second-order valence-electron chi connectivity index (χ2n) is 4.33. The van der Waals surface area contributed by atoms with E-state index in [4.69, 9.17) is 0 Å². The van der Waals surface area contributed by atoms with Crippen LogP contribution in [0.3, 0.4) is 0 Å². The minimum atomic E-state index is -3.87. The number of benzene rings is 1.